The van der Waals surface area contributed by atoms with Gasteiger partial charge >= 0.3 is 0 Å². The van der Waals surface area contributed by atoms with Crippen LogP contribution in [0.2, 0.25) is 0 Å². The zero-order valence-electron chi connectivity index (χ0n) is 13.5. The molecular formula is C17H33N3. The zero-order valence-corrected chi connectivity index (χ0v) is 13.5. The maximum absolute atomic E-state index is 3.75. The van der Waals surface area contributed by atoms with E-state index in [1.54, 1.807) is 0 Å². The molecule has 20 heavy (non-hydrogen) atoms. The Bertz CT molecular complexity index is 307. The molecule has 4 atom stereocenters. The van der Waals surface area contributed by atoms with Gasteiger partial charge in [0.05, 0.1) is 0 Å². The molecule has 0 aromatic rings. The van der Waals surface area contributed by atoms with Crippen molar-refractivity contribution in [1.82, 2.24) is 15.1 Å². The number of hydrogen-bond donors (Lipinski definition) is 1. The van der Waals surface area contributed by atoms with Crippen LogP contribution < -0.4 is 5.32 Å². The third-order valence-corrected chi connectivity index (χ3v) is 5.88. The summed E-state index contributed by atoms with van der Waals surface area (Å²) in [6.45, 7) is 11.3. The first kappa shape index (κ1) is 14.8. The Morgan fingerprint density at radius 3 is 2.55 bits per heavy atom. The van der Waals surface area contributed by atoms with Crippen LogP contribution in [0.4, 0.5) is 0 Å². The van der Waals surface area contributed by atoms with Gasteiger partial charge in [0.25, 0.3) is 0 Å². The first-order chi connectivity index (χ1) is 9.79. The lowest BCUT2D eigenvalue weighted by atomic mass is 9.90. The summed E-state index contributed by atoms with van der Waals surface area (Å²) in [7, 11) is 0. The number of likely N-dealkylation sites (tertiary alicyclic amines) is 1. The van der Waals surface area contributed by atoms with Gasteiger partial charge < -0.3 is 5.32 Å². The summed E-state index contributed by atoms with van der Waals surface area (Å²) in [4.78, 5) is 5.62. The van der Waals surface area contributed by atoms with Crippen LogP contribution in [-0.2, 0) is 0 Å². The Hall–Kier alpha value is -0.120. The lowest BCUT2D eigenvalue weighted by Gasteiger charge is -2.43. The van der Waals surface area contributed by atoms with E-state index in [1.165, 1.54) is 71.2 Å². The Balaban J connectivity index is 1.54. The van der Waals surface area contributed by atoms with Crippen LogP contribution >= 0.6 is 0 Å². The first-order valence-electron chi connectivity index (χ1n) is 9.01. The topological polar surface area (TPSA) is 18.5 Å². The molecule has 0 aliphatic carbocycles. The second-order valence-electron chi connectivity index (χ2n) is 7.28. The zero-order chi connectivity index (χ0) is 13.9. The van der Waals surface area contributed by atoms with E-state index in [0.717, 1.165) is 24.0 Å². The van der Waals surface area contributed by atoms with E-state index in [1.807, 2.05) is 0 Å². The summed E-state index contributed by atoms with van der Waals surface area (Å²) in [5.74, 6) is 0.813. The van der Waals surface area contributed by atoms with E-state index in [-0.39, 0.29) is 0 Å². The van der Waals surface area contributed by atoms with Crippen LogP contribution in [0.1, 0.15) is 52.4 Å². The normalized spacial score (nSPS) is 39.9. The van der Waals surface area contributed by atoms with Gasteiger partial charge in [-0.25, -0.2) is 0 Å². The van der Waals surface area contributed by atoms with E-state index in [4.69, 9.17) is 0 Å². The fourth-order valence-electron chi connectivity index (χ4n) is 4.76. The van der Waals surface area contributed by atoms with Gasteiger partial charge in [0, 0.05) is 31.2 Å². The highest BCUT2D eigenvalue weighted by molar-refractivity contribution is 4.97. The highest BCUT2D eigenvalue weighted by Gasteiger charge is 2.40. The minimum Gasteiger partial charge on any atom is -0.314 e. The second-order valence-corrected chi connectivity index (χ2v) is 7.28. The van der Waals surface area contributed by atoms with Gasteiger partial charge in [-0.2, -0.15) is 0 Å². The van der Waals surface area contributed by atoms with Crippen molar-refractivity contribution in [1.29, 1.82) is 0 Å². The number of piperidine rings is 2. The highest BCUT2D eigenvalue weighted by Crippen LogP contribution is 2.32. The van der Waals surface area contributed by atoms with E-state index in [9.17, 15) is 0 Å². The fourth-order valence-corrected chi connectivity index (χ4v) is 4.76. The number of hydrogen-bond acceptors (Lipinski definition) is 3. The van der Waals surface area contributed by atoms with Gasteiger partial charge in [-0.15, -0.1) is 0 Å². The Kier molecular flexibility index (Phi) is 5.00. The van der Waals surface area contributed by atoms with Crippen molar-refractivity contribution in [3.05, 3.63) is 0 Å². The van der Waals surface area contributed by atoms with Crippen LogP contribution in [0.3, 0.4) is 0 Å². The Labute approximate surface area is 125 Å². The Morgan fingerprint density at radius 2 is 1.75 bits per heavy atom. The van der Waals surface area contributed by atoms with Crippen molar-refractivity contribution in [2.24, 2.45) is 5.92 Å². The molecular weight excluding hydrogens is 246 g/mol. The molecule has 0 saturated carbocycles. The molecule has 0 amide bonds. The molecule has 3 fully saturated rings. The van der Waals surface area contributed by atoms with E-state index >= 15 is 0 Å². The van der Waals surface area contributed by atoms with Crippen LogP contribution in [0, 0.1) is 5.92 Å². The number of nitrogens with zero attached hydrogens (tertiary/aromatic N) is 2. The molecule has 3 nitrogen and oxygen atoms in total. The van der Waals surface area contributed by atoms with Gasteiger partial charge in [0.2, 0.25) is 0 Å². The molecule has 4 unspecified atom stereocenters. The van der Waals surface area contributed by atoms with E-state index < -0.39 is 0 Å². The average Bonchev–Trinajstić information content (AvgIpc) is 2.90. The number of rotatable bonds is 4. The molecule has 3 heteroatoms. The highest BCUT2D eigenvalue weighted by atomic mass is 15.3. The Morgan fingerprint density at radius 1 is 0.950 bits per heavy atom. The summed E-state index contributed by atoms with van der Waals surface area (Å²) >= 11 is 0. The predicted molar refractivity (Wildman–Crippen MR) is 85.1 cm³/mol. The summed E-state index contributed by atoms with van der Waals surface area (Å²) in [5, 5.41) is 3.75. The smallest absolute Gasteiger partial charge is 0.0263 e. The molecule has 0 radical (unpaired) electrons. The van der Waals surface area contributed by atoms with Crippen molar-refractivity contribution >= 4 is 0 Å². The molecule has 0 spiro atoms. The molecule has 3 saturated heterocycles. The van der Waals surface area contributed by atoms with E-state index in [0.29, 0.717) is 0 Å². The summed E-state index contributed by atoms with van der Waals surface area (Å²) in [6, 6.07) is 2.51. The van der Waals surface area contributed by atoms with Crippen molar-refractivity contribution in [2.75, 3.05) is 32.7 Å². The van der Waals surface area contributed by atoms with Gasteiger partial charge in [-0.1, -0.05) is 20.3 Å². The van der Waals surface area contributed by atoms with Gasteiger partial charge in [0.1, 0.15) is 0 Å². The molecule has 3 aliphatic rings. The minimum absolute atomic E-state index is 0.759. The average molecular weight is 279 g/mol. The van der Waals surface area contributed by atoms with Gasteiger partial charge in [-0.05, 0) is 57.7 Å². The van der Waals surface area contributed by atoms with Crippen molar-refractivity contribution < 1.29 is 0 Å². The van der Waals surface area contributed by atoms with Crippen molar-refractivity contribution in [3.63, 3.8) is 0 Å². The molecule has 0 aromatic heterocycles. The molecule has 0 aromatic carbocycles. The van der Waals surface area contributed by atoms with E-state index in [2.05, 4.69) is 29.0 Å². The lowest BCUT2D eigenvalue weighted by molar-refractivity contribution is 0.0680. The second kappa shape index (κ2) is 6.76. The third kappa shape index (κ3) is 3.05. The quantitative estimate of drug-likeness (QED) is 0.852. The number of fused-ring (bicyclic) bond motifs is 1. The minimum atomic E-state index is 0.759. The SMILES string of the molecule is CCCNC1CCN(C2CCN3CCCCC23)CC1C. The third-order valence-electron chi connectivity index (χ3n) is 5.88. The standard InChI is InChI=1S/C17H33N3/c1-3-9-18-15-7-11-20(13-14(15)2)17-8-12-19-10-5-4-6-16(17)19/h14-18H,3-13H2,1-2H3. The summed E-state index contributed by atoms with van der Waals surface area (Å²) in [5.41, 5.74) is 0. The molecule has 116 valence electrons. The van der Waals surface area contributed by atoms with Crippen LogP contribution in [0.15, 0.2) is 0 Å². The fraction of sp³-hybridized carbons (Fsp3) is 1.00. The number of nitrogens with one attached hydrogen (secondary N) is 1. The maximum atomic E-state index is 3.75. The maximum Gasteiger partial charge on any atom is 0.0263 e. The molecule has 1 N–H and O–H groups in total. The van der Waals surface area contributed by atoms with Crippen molar-refractivity contribution in [3.8, 4) is 0 Å². The van der Waals surface area contributed by atoms with Crippen LogP contribution in [0.5, 0.6) is 0 Å². The summed E-state index contributed by atoms with van der Waals surface area (Å²) in [6.07, 6.45) is 8.37. The first-order valence-corrected chi connectivity index (χ1v) is 9.01. The molecule has 3 aliphatic heterocycles. The van der Waals surface area contributed by atoms with Crippen LogP contribution in [0.25, 0.3) is 0 Å². The monoisotopic (exact) mass is 279 g/mol. The summed E-state index contributed by atoms with van der Waals surface area (Å²) < 4.78 is 0. The van der Waals surface area contributed by atoms with Crippen molar-refractivity contribution in [2.45, 2.75) is 70.5 Å². The molecule has 0 bridgehead atoms. The lowest BCUT2D eigenvalue weighted by Crippen LogP contribution is -2.54. The van der Waals surface area contributed by atoms with Gasteiger partial charge in [0.15, 0.2) is 0 Å². The molecule has 3 heterocycles. The van der Waals surface area contributed by atoms with Crippen LogP contribution in [-0.4, -0.2) is 60.6 Å². The molecule has 3 rings (SSSR count). The largest absolute Gasteiger partial charge is 0.314 e. The van der Waals surface area contributed by atoms with Gasteiger partial charge in [-0.3, -0.25) is 9.80 Å². The predicted octanol–water partition coefficient (Wildman–Crippen LogP) is 2.32.